The Balaban J connectivity index is 2.35. The first-order valence-electron chi connectivity index (χ1n) is 7.01. The van der Waals surface area contributed by atoms with E-state index in [0.29, 0.717) is 18.9 Å². The van der Waals surface area contributed by atoms with Gasteiger partial charge in [0, 0.05) is 18.9 Å². The Morgan fingerprint density at radius 1 is 1.32 bits per heavy atom. The summed E-state index contributed by atoms with van der Waals surface area (Å²) in [4.78, 5) is 30.7. The zero-order valence-electron chi connectivity index (χ0n) is 13.0. The number of carbonyl (C=O) groups is 2. The molecule has 1 aromatic heterocycles. The third-order valence-electron chi connectivity index (χ3n) is 2.51. The van der Waals surface area contributed by atoms with E-state index >= 15 is 0 Å². The van der Waals surface area contributed by atoms with Crippen molar-refractivity contribution in [1.29, 1.82) is 0 Å². The van der Waals surface area contributed by atoms with E-state index in [0.717, 1.165) is 0 Å². The smallest absolute Gasteiger partial charge is 0.408 e. The fourth-order valence-corrected chi connectivity index (χ4v) is 1.60. The molecule has 0 bridgehead atoms. The number of aliphatic carboxylic acids is 1. The molecule has 0 aliphatic heterocycles. The summed E-state index contributed by atoms with van der Waals surface area (Å²) in [5, 5.41) is 14.4. The van der Waals surface area contributed by atoms with E-state index in [1.807, 2.05) is 0 Å². The molecule has 8 nitrogen and oxygen atoms in total. The largest absolute Gasteiger partial charge is 0.480 e. The second-order valence-corrected chi connectivity index (χ2v) is 5.68. The number of hydrogen-bond acceptors (Lipinski definition) is 6. The standard InChI is InChI=1S/C14H22N4O4/c1-14(2,3)22-13(21)18-10(11(19)20)6-4-7-15-12-16-8-5-9-17-12/h5,8-10H,4,6-7H2,1-3H3,(H,18,21)(H,19,20)(H,15,16,17)/t10-/m0/s1. The van der Waals surface area contributed by atoms with Crippen LogP contribution >= 0.6 is 0 Å². The molecule has 0 saturated heterocycles. The van der Waals surface area contributed by atoms with Gasteiger partial charge in [0.15, 0.2) is 0 Å². The van der Waals surface area contributed by atoms with Crippen LogP contribution in [0.25, 0.3) is 0 Å². The predicted molar refractivity (Wildman–Crippen MR) is 80.5 cm³/mol. The van der Waals surface area contributed by atoms with Crippen LogP contribution in [0.5, 0.6) is 0 Å². The maximum Gasteiger partial charge on any atom is 0.408 e. The molecular weight excluding hydrogens is 288 g/mol. The Kier molecular flexibility index (Phi) is 6.55. The number of carboxylic acid groups (broad SMARTS) is 1. The van der Waals surface area contributed by atoms with Gasteiger partial charge in [0.05, 0.1) is 0 Å². The van der Waals surface area contributed by atoms with Gasteiger partial charge in [-0.1, -0.05) is 0 Å². The van der Waals surface area contributed by atoms with Gasteiger partial charge in [-0.05, 0) is 39.7 Å². The molecule has 1 heterocycles. The van der Waals surface area contributed by atoms with Gasteiger partial charge >= 0.3 is 12.1 Å². The average Bonchev–Trinajstić information content (AvgIpc) is 2.41. The Labute approximate surface area is 129 Å². The van der Waals surface area contributed by atoms with Crippen molar-refractivity contribution in [1.82, 2.24) is 15.3 Å². The maximum atomic E-state index is 11.6. The van der Waals surface area contributed by atoms with Crippen LogP contribution in [-0.2, 0) is 9.53 Å². The van der Waals surface area contributed by atoms with Gasteiger partial charge < -0.3 is 20.5 Å². The van der Waals surface area contributed by atoms with Crippen molar-refractivity contribution in [2.45, 2.75) is 45.3 Å². The first-order valence-corrected chi connectivity index (χ1v) is 7.01. The van der Waals surface area contributed by atoms with Gasteiger partial charge in [-0.2, -0.15) is 0 Å². The molecule has 22 heavy (non-hydrogen) atoms. The van der Waals surface area contributed by atoms with E-state index in [-0.39, 0.29) is 6.42 Å². The third-order valence-corrected chi connectivity index (χ3v) is 2.51. The molecule has 0 aliphatic rings. The second kappa shape index (κ2) is 8.16. The van der Waals surface area contributed by atoms with Crippen LogP contribution < -0.4 is 10.6 Å². The number of nitrogens with zero attached hydrogens (tertiary/aromatic N) is 2. The number of nitrogens with one attached hydrogen (secondary N) is 2. The summed E-state index contributed by atoms with van der Waals surface area (Å²) in [7, 11) is 0. The summed E-state index contributed by atoms with van der Waals surface area (Å²) in [5.41, 5.74) is -0.667. The highest BCUT2D eigenvalue weighted by atomic mass is 16.6. The molecule has 122 valence electrons. The predicted octanol–water partition coefficient (Wildman–Crippen LogP) is 1.65. The monoisotopic (exact) mass is 310 g/mol. The van der Waals surface area contributed by atoms with Crippen molar-refractivity contribution in [2.24, 2.45) is 0 Å². The highest BCUT2D eigenvalue weighted by Gasteiger charge is 2.23. The number of carbonyl (C=O) groups excluding carboxylic acids is 1. The molecule has 0 saturated carbocycles. The van der Waals surface area contributed by atoms with Crippen molar-refractivity contribution in [3.05, 3.63) is 18.5 Å². The fraction of sp³-hybridized carbons (Fsp3) is 0.571. The lowest BCUT2D eigenvalue weighted by atomic mass is 10.1. The third kappa shape index (κ3) is 7.41. The summed E-state index contributed by atoms with van der Waals surface area (Å²) >= 11 is 0. The lowest BCUT2D eigenvalue weighted by Gasteiger charge is -2.22. The molecule has 0 fully saturated rings. The van der Waals surface area contributed by atoms with E-state index in [2.05, 4.69) is 20.6 Å². The summed E-state index contributed by atoms with van der Waals surface area (Å²) in [6.45, 7) is 5.65. The van der Waals surface area contributed by atoms with Crippen LogP contribution in [0.4, 0.5) is 10.7 Å². The summed E-state index contributed by atoms with van der Waals surface area (Å²) in [6, 6.07) is 0.712. The number of ether oxygens (including phenoxy) is 1. The molecule has 0 unspecified atom stereocenters. The molecule has 1 aromatic rings. The highest BCUT2D eigenvalue weighted by molar-refractivity contribution is 5.79. The molecule has 1 rings (SSSR count). The molecule has 0 spiro atoms. The normalized spacial score (nSPS) is 12.3. The first-order chi connectivity index (χ1) is 10.3. The Hall–Kier alpha value is -2.38. The van der Waals surface area contributed by atoms with E-state index in [9.17, 15) is 9.59 Å². The number of carboxylic acids is 1. The van der Waals surface area contributed by atoms with Gasteiger partial charge in [0.25, 0.3) is 0 Å². The number of hydrogen-bond donors (Lipinski definition) is 3. The quantitative estimate of drug-likeness (QED) is 0.656. The summed E-state index contributed by atoms with van der Waals surface area (Å²) < 4.78 is 5.04. The first kappa shape index (κ1) is 17.7. The minimum atomic E-state index is -1.10. The molecule has 1 amide bonds. The molecule has 3 N–H and O–H groups in total. The van der Waals surface area contributed by atoms with Gasteiger partial charge in [-0.25, -0.2) is 19.6 Å². The van der Waals surface area contributed by atoms with Crippen molar-refractivity contribution in [3.8, 4) is 0 Å². The molecule has 0 radical (unpaired) electrons. The molecular formula is C14H22N4O4. The topological polar surface area (TPSA) is 113 Å². The van der Waals surface area contributed by atoms with Gasteiger partial charge in [0.2, 0.25) is 5.95 Å². The summed E-state index contributed by atoms with van der Waals surface area (Å²) in [5.74, 6) is -0.615. The lowest BCUT2D eigenvalue weighted by Crippen LogP contribution is -2.43. The average molecular weight is 310 g/mol. The van der Waals surface area contributed by atoms with Crippen LogP contribution in [0.15, 0.2) is 18.5 Å². The number of anilines is 1. The van der Waals surface area contributed by atoms with E-state index in [1.165, 1.54) is 0 Å². The molecule has 1 atom stereocenters. The zero-order valence-corrected chi connectivity index (χ0v) is 13.0. The van der Waals surface area contributed by atoms with Gasteiger partial charge in [-0.15, -0.1) is 0 Å². The van der Waals surface area contributed by atoms with Crippen LogP contribution in [0.2, 0.25) is 0 Å². The minimum absolute atomic E-state index is 0.272. The fourth-order valence-electron chi connectivity index (χ4n) is 1.60. The number of aromatic nitrogens is 2. The molecule has 8 heteroatoms. The van der Waals surface area contributed by atoms with E-state index < -0.39 is 23.7 Å². The van der Waals surface area contributed by atoms with Crippen molar-refractivity contribution < 1.29 is 19.4 Å². The number of alkyl carbamates (subject to hydrolysis) is 1. The maximum absolute atomic E-state index is 11.6. The van der Waals surface area contributed by atoms with Crippen molar-refractivity contribution >= 4 is 18.0 Å². The Morgan fingerprint density at radius 3 is 2.50 bits per heavy atom. The number of amides is 1. The lowest BCUT2D eigenvalue weighted by molar-refractivity contribution is -0.139. The second-order valence-electron chi connectivity index (χ2n) is 5.68. The van der Waals surface area contributed by atoms with Crippen LogP contribution in [0, 0.1) is 0 Å². The molecule has 0 aliphatic carbocycles. The van der Waals surface area contributed by atoms with E-state index in [4.69, 9.17) is 9.84 Å². The SMILES string of the molecule is CC(C)(C)OC(=O)N[C@@H](CCCNc1ncccn1)C(=O)O. The summed E-state index contributed by atoms with van der Waals surface area (Å²) in [6.07, 6.45) is 3.29. The Bertz CT molecular complexity index is 487. The van der Waals surface area contributed by atoms with Gasteiger partial charge in [-0.3, -0.25) is 0 Å². The molecule has 0 aromatic carbocycles. The Morgan fingerprint density at radius 2 is 1.95 bits per heavy atom. The van der Waals surface area contributed by atoms with Crippen molar-refractivity contribution in [3.63, 3.8) is 0 Å². The van der Waals surface area contributed by atoms with Crippen LogP contribution in [0.1, 0.15) is 33.6 Å². The van der Waals surface area contributed by atoms with Crippen molar-refractivity contribution in [2.75, 3.05) is 11.9 Å². The van der Waals surface area contributed by atoms with E-state index in [1.54, 1.807) is 39.2 Å². The number of rotatable bonds is 7. The highest BCUT2D eigenvalue weighted by Crippen LogP contribution is 2.08. The zero-order chi connectivity index (χ0) is 16.6. The van der Waals surface area contributed by atoms with Gasteiger partial charge in [0.1, 0.15) is 11.6 Å². The van der Waals surface area contributed by atoms with Crippen LogP contribution in [-0.4, -0.2) is 45.3 Å². The minimum Gasteiger partial charge on any atom is -0.480 e. The van der Waals surface area contributed by atoms with Crippen LogP contribution in [0.3, 0.4) is 0 Å².